The molecule has 2 aromatic rings. The van der Waals surface area contributed by atoms with E-state index >= 15 is 0 Å². The number of hydrogen-bond acceptors (Lipinski definition) is 6. The second-order valence-corrected chi connectivity index (χ2v) is 6.47. The molecule has 26 heavy (non-hydrogen) atoms. The van der Waals surface area contributed by atoms with Gasteiger partial charge in [-0.05, 0) is 18.2 Å². The van der Waals surface area contributed by atoms with E-state index in [2.05, 4.69) is 19.9 Å². The third-order valence-corrected chi connectivity index (χ3v) is 4.27. The van der Waals surface area contributed by atoms with Crippen LogP contribution in [-0.4, -0.2) is 70.9 Å². The van der Waals surface area contributed by atoms with E-state index in [1.807, 2.05) is 48.3 Å². The van der Waals surface area contributed by atoms with Gasteiger partial charge >= 0.3 is 0 Å². The zero-order chi connectivity index (χ0) is 18.4. The van der Waals surface area contributed by atoms with Crippen LogP contribution in [0.5, 0.6) is 0 Å². The van der Waals surface area contributed by atoms with Gasteiger partial charge < -0.3 is 9.80 Å². The van der Waals surface area contributed by atoms with E-state index in [4.69, 9.17) is 0 Å². The Bertz CT molecular complexity index is 736. The zero-order valence-electron chi connectivity index (χ0n) is 15.2. The number of rotatable bonds is 5. The van der Waals surface area contributed by atoms with E-state index in [-0.39, 0.29) is 5.91 Å². The van der Waals surface area contributed by atoms with Crippen LogP contribution in [-0.2, 0) is 11.3 Å². The molecule has 0 aliphatic carbocycles. The lowest BCUT2D eigenvalue weighted by molar-refractivity contribution is -0.127. The first-order valence-corrected chi connectivity index (χ1v) is 8.70. The van der Waals surface area contributed by atoms with Crippen LogP contribution < -0.4 is 4.90 Å². The Morgan fingerprint density at radius 3 is 2.46 bits per heavy atom. The molecule has 1 aliphatic heterocycles. The second-order valence-electron chi connectivity index (χ2n) is 6.47. The van der Waals surface area contributed by atoms with Gasteiger partial charge in [-0.2, -0.15) is 0 Å². The molecule has 0 radical (unpaired) electrons. The van der Waals surface area contributed by atoms with Crippen molar-refractivity contribution in [2.45, 2.75) is 6.54 Å². The van der Waals surface area contributed by atoms with Gasteiger partial charge in [-0.25, -0.2) is 9.97 Å². The van der Waals surface area contributed by atoms with Gasteiger partial charge in [0, 0.05) is 77.0 Å². The molecular formula is C19H24N6O. The van der Waals surface area contributed by atoms with E-state index < -0.39 is 0 Å². The number of nitrogens with zero attached hydrogens (tertiary/aromatic N) is 6. The summed E-state index contributed by atoms with van der Waals surface area (Å²) in [5.74, 6) is 0.677. The van der Waals surface area contributed by atoms with E-state index in [0.717, 1.165) is 44.0 Å². The number of carbonyl (C=O) groups excluding carboxylic acids is 1. The lowest BCUT2D eigenvalue weighted by Crippen LogP contribution is -2.47. The van der Waals surface area contributed by atoms with Gasteiger partial charge in [-0.15, -0.1) is 0 Å². The van der Waals surface area contributed by atoms with Crippen LogP contribution in [0.3, 0.4) is 0 Å². The molecule has 7 nitrogen and oxygen atoms in total. The van der Waals surface area contributed by atoms with Gasteiger partial charge in [0.1, 0.15) is 0 Å². The maximum atomic E-state index is 12.4. The summed E-state index contributed by atoms with van der Waals surface area (Å²) in [6.45, 7) is 4.00. The quantitative estimate of drug-likeness (QED) is 0.756. The molecule has 1 aliphatic rings. The average molecular weight is 352 g/mol. The molecule has 0 aromatic carbocycles. The predicted octanol–water partition coefficient (Wildman–Crippen LogP) is 1.30. The van der Waals surface area contributed by atoms with E-state index in [1.54, 1.807) is 24.5 Å². The van der Waals surface area contributed by atoms with E-state index in [0.29, 0.717) is 5.95 Å². The van der Waals surface area contributed by atoms with Crippen LogP contribution in [0.4, 0.5) is 5.95 Å². The first kappa shape index (κ1) is 18.0. The molecule has 3 heterocycles. The highest BCUT2D eigenvalue weighted by Gasteiger charge is 2.19. The maximum absolute atomic E-state index is 12.4. The molecular weight excluding hydrogens is 328 g/mol. The third-order valence-electron chi connectivity index (χ3n) is 4.27. The molecule has 1 fully saturated rings. The highest BCUT2D eigenvalue weighted by atomic mass is 16.2. The van der Waals surface area contributed by atoms with Crippen LogP contribution >= 0.6 is 0 Å². The number of amides is 1. The van der Waals surface area contributed by atoms with Gasteiger partial charge in [0.15, 0.2) is 0 Å². The Morgan fingerprint density at radius 1 is 1.12 bits per heavy atom. The second kappa shape index (κ2) is 8.53. The monoisotopic (exact) mass is 352 g/mol. The third kappa shape index (κ3) is 4.86. The molecule has 7 heteroatoms. The van der Waals surface area contributed by atoms with Crippen LogP contribution in [0.1, 0.15) is 11.3 Å². The highest BCUT2D eigenvalue weighted by Crippen LogP contribution is 2.09. The van der Waals surface area contributed by atoms with Crippen LogP contribution in [0.15, 0.2) is 42.9 Å². The minimum atomic E-state index is 0.0270. The molecule has 0 spiro atoms. The predicted molar refractivity (Wildman–Crippen MR) is 101 cm³/mol. The van der Waals surface area contributed by atoms with Gasteiger partial charge in [0.05, 0.1) is 5.69 Å². The Kier molecular flexibility index (Phi) is 5.91. The number of piperazine rings is 1. The number of pyridine rings is 1. The van der Waals surface area contributed by atoms with Crippen LogP contribution in [0.25, 0.3) is 6.08 Å². The molecule has 136 valence electrons. The summed E-state index contributed by atoms with van der Waals surface area (Å²) in [6.07, 6.45) is 8.62. The summed E-state index contributed by atoms with van der Waals surface area (Å²) in [7, 11) is 3.78. The molecule has 0 unspecified atom stereocenters. The molecule has 2 aromatic heterocycles. The minimum absolute atomic E-state index is 0.0270. The molecule has 0 saturated carbocycles. The lowest BCUT2D eigenvalue weighted by atomic mass is 10.2. The topological polar surface area (TPSA) is 65.5 Å². The fraction of sp³-hybridized carbons (Fsp3) is 0.368. The summed E-state index contributed by atoms with van der Waals surface area (Å²) in [5.41, 5.74) is 1.88. The first-order valence-electron chi connectivity index (χ1n) is 8.70. The van der Waals surface area contributed by atoms with Crippen molar-refractivity contribution in [1.29, 1.82) is 0 Å². The molecule has 3 rings (SSSR count). The highest BCUT2D eigenvalue weighted by molar-refractivity contribution is 5.91. The summed E-state index contributed by atoms with van der Waals surface area (Å²) in [6, 6.07) is 5.96. The summed E-state index contributed by atoms with van der Waals surface area (Å²) in [4.78, 5) is 31.3. The molecule has 0 atom stereocenters. The lowest BCUT2D eigenvalue weighted by Gasteiger charge is -2.34. The van der Waals surface area contributed by atoms with Crippen molar-refractivity contribution in [3.05, 3.63) is 54.1 Å². The fourth-order valence-corrected chi connectivity index (χ4v) is 2.77. The Hall–Kier alpha value is -2.80. The van der Waals surface area contributed by atoms with Crippen LogP contribution in [0, 0.1) is 0 Å². The Labute approximate surface area is 154 Å². The number of aromatic nitrogens is 3. The van der Waals surface area contributed by atoms with Crippen molar-refractivity contribution in [3.63, 3.8) is 0 Å². The van der Waals surface area contributed by atoms with E-state index in [9.17, 15) is 4.79 Å². The molecule has 0 N–H and O–H groups in total. The van der Waals surface area contributed by atoms with E-state index in [1.165, 1.54) is 0 Å². The van der Waals surface area contributed by atoms with Crippen molar-refractivity contribution in [2.24, 2.45) is 0 Å². The average Bonchev–Trinajstić information content (AvgIpc) is 2.68. The normalized spacial score (nSPS) is 15.4. The van der Waals surface area contributed by atoms with Crippen LogP contribution in [0.2, 0.25) is 0 Å². The van der Waals surface area contributed by atoms with Gasteiger partial charge in [0.25, 0.3) is 0 Å². The molecule has 1 saturated heterocycles. The smallest absolute Gasteiger partial charge is 0.246 e. The van der Waals surface area contributed by atoms with Crippen molar-refractivity contribution in [1.82, 2.24) is 24.8 Å². The van der Waals surface area contributed by atoms with Gasteiger partial charge in [-0.1, -0.05) is 6.07 Å². The van der Waals surface area contributed by atoms with Crippen molar-refractivity contribution < 1.29 is 4.79 Å². The minimum Gasteiger partial charge on any atom is -0.347 e. The zero-order valence-corrected chi connectivity index (χ0v) is 15.2. The Morgan fingerprint density at radius 2 is 1.85 bits per heavy atom. The van der Waals surface area contributed by atoms with Crippen molar-refractivity contribution in [2.75, 3.05) is 45.2 Å². The summed E-state index contributed by atoms with van der Waals surface area (Å²) >= 11 is 0. The van der Waals surface area contributed by atoms with Gasteiger partial charge in [0.2, 0.25) is 11.9 Å². The first-order chi connectivity index (χ1) is 12.6. The number of anilines is 1. The standard InChI is InChI=1S/C19H24N6O/c1-23(2)19-21-13-16(14-22-19)6-7-18(26)25-11-9-24(10-12-25)15-17-5-3-4-8-20-17/h3-8,13-14H,9-12,15H2,1-2H3. The van der Waals surface area contributed by atoms with Gasteiger partial charge in [-0.3, -0.25) is 14.7 Å². The summed E-state index contributed by atoms with van der Waals surface area (Å²) < 4.78 is 0. The Balaban J connectivity index is 1.48. The fourth-order valence-electron chi connectivity index (χ4n) is 2.77. The number of hydrogen-bond donors (Lipinski definition) is 0. The maximum Gasteiger partial charge on any atom is 0.246 e. The van der Waals surface area contributed by atoms with Crippen molar-refractivity contribution >= 4 is 17.9 Å². The number of carbonyl (C=O) groups is 1. The SMILES string of the molecule is CN(C)c1ncc(C=CC(=O)N2CCN(Cc3ccccn3)CC2)cn1. The molecule has 1 amide bonds. The molecule has 0 bridgehead atoms. The van der Waals surface area contributed by atoms with Crippen molar-refractivity contribution in [3.8, 4) is 0 Å². The summed E-state index contributed by atoms with van der Waals surface area (Å²) in [5, 5.41) is 0. The largest absolute Gasteiger partial charge is 0.347 e.